The van der Waals surface area contributed by atoms with E-state index in [1.165, 1.54) is 43.2 Å². The molecule has 1 aromatic rings. The SMILES string of the molecule is CC(C)c1ccc(C(CCO)C2CCCCC2)cc1. The molecule has 1 aromatic carbocycles. The van der Waals surface area contributed by atoms with Crippen molar-refractivity contribution in [2.75, 3.05) is 6.61 Å². The van der Waals surface area contributed by atoms with Crippen LogP contribution in [-0.2, 0) is 0 Å². The molecule has 1 saturated carbocycles. The average molecular weight is 260 g/mol. The highest BCUT2D eigenvalue weighted by Crippen LogP contribution is 2.38. The summed E-state index contributed by atoms with van der Waals surface area (Å²) in [5.74, 6) is 1.94. The normalized spacial score (nSPS) is 18.7. The van der Waals surface area contributed by atoms with E-state index in [9.17, 15) is 5.11 Å². The van der Waals surface area contributed by atoms with Gasteiger partial charge in [0.1, 0.15) is 0 Å². The van der Waals surface area contributed by atoms with Crippen molar-refractivity contribution in [1.29, 1.82) is 0 Å². The predicted molar refractivity (Wildman–Crippen MR) is 81.5 cm³/mol. The number of rotatable bonds is 5. The summed E-state index contributed by atoms with van der Waals surface area (Å²) >= 11 is 0. The topological polar surface area (TPSA) is 20.2 Å². The van der Waals surface area contributed by atoms with E-state index < -0.39 is 0 Å². The summed E-state index contributed by atoms with van der Waals surface area (Å²) in [4.78, 5) is 0. The zero-order valence-corrected chi connectivity index (χ0v) is 12.4. The van der Waals surface area contributed by atoms with Gasteiger partial charge in [-0.25, -0.2) is 0 Å². The molecule has 106 valence electrons. The number of aliphatic hydroxyl groups excluding tert-OH is 1. The van der Waals surface area contributed by atoms with E-state index in [2.05, 4.69) is 38.1 Å². The molecule has 0 heterocycles. The van der Waals surface area contributed by atoms with Crippen LogP contribution in [0.3, 0.4) is 0 Å². The molecule has 1 aliphatic carbocycles. The Bertz CT molecular complexity index is 360. The minimum atomic E-state index is 0.313. The molecule has 1 aliphatic rings. The number of hydrogen-bond acceptors (Lipinski definition) is 1. The Morgan fingerprint density at radius 3 is 2.11 bits per heavy atom. The van der Waals surface area contributed by atoms with Crippen LogP contribution in [0.1, 0.15) is 75.3 Å². The minimum absolute atomic E-state index is 0.313. The molecular formula is C18H28O. The molecule has 1 atom stereocenters. The lowest BCUT2D eigenvalue weighted by Crippen LogP contribution is -2.17. The van der Waals surface area contributed by atoms with Crippen LogP contribution in [0.25, 0.3) is 0 Å². The van der Waals surface area contributed by atoms with Crippen LogP contribution >= 0.6 is 0 Å². The second kappa shape index (κ2) is 7.09. The fourth-order valence-corrected chi connectivity index (χ4v) is 3.48. The Hall–Kier alpha value is -0.820. The number of aliphatic hydroxyl groups is 1. The lowest BCUT2D eigenvalue weighted by Gasteiger charge is -2.30. The van der Waals surface area contributed by atoms with Gasteiger partial charge in [-0.3, -0.25) is 0 Å². The molecular weight excluding hydrogens is 232 g/mol. The van der Waals surface area contributed by atoms with E-state index in [4.69, 9.17) is 0 Å². The first-order valence-corrected chi connectivity index (χ1v) is 7.93. The molecule has 2 rings (SSSR count). The van der Waals surface area contributed by atoms with Crippen molar-refractivity contribution in [2.24, 2.45) is 5.92 Å². The quantitative estimate of drug-likeness (QED) is 0.802. The van der Waals surface area contributed by atoms with Gasteiger partial charge in [-0.2, -0.15) is 0 Å². The third kappa shape index (κ3) is 3.82. The van der Waals surface area contributed by atoms with E-state index in [1.807, 2.05) is 0 Å². The first-order valence-electron chi connectivity index (χ1n) is 7.93. The molecule has 19 heavy (non-hydrogen) atoms. The molecule has 0 aliphatic heterocycles. The Balaban J connectivity index is 2.13. The van der Waals surface area contributed by atoms with Crippen molar-refractivity contribution in [2.45, 2.75) is 64.2 Å². The average Bonchev–Trinajstić information content (AvgIpc) is 2.46. The molecule has 0 spiro atoms. The van der Waals surface area contributed by atoms with Crippen molar-refractivity contribution < 1.29 is 5.11 Å². The lowest BCUT2D eigenvalue weighted by molar-refractivity contribution is 0.229. The fourth-order valence-electron chi connectivity index (χ4n) is 3.48. The second-order valence-corrected chi connectivity index (χ2v) is 6.34. The van der Waals surface area contributed by atoms with Gasteiger partial charge in [0, 0.05) is 6.61 Å². The standard InChI is InChI=1S/C18H28O/c1-14(2)15-8-10-17(11-9-15)18(12-13-19)16-6-4-3-5-7-16/h8-11,14,16,18-19H,3-7,12-13H2,1-2H3. The summed E-state index contributed by atoms with van der Waals surface area (Å²) < 4.78 is 0. The lowest BCUT2D eigenvalue weighted by atomic mass is 9.75. The summed E-state index contributed by atoms with van der Waals surface area (Å²) in [7, 11) is 0. The molecule has 0 radical (unpaired) electrons. The van der Waals surface area contributed by atoms with E-state index >= 15 is 0 Å². The van der Waals surface area contributed by atoms with Crippen molar-refractivity contribution in [3.63, 3.8) is 0 Å². The summed E-state index contributed by atoms with van der Waals surface area (Å²) in [5, 5.41) is 9.37. The van der Waals surface area contributed by atoms with Gasteiger partial charge in [0.15, 0.2) is 0 Å². The third-order valence-electron chi connectivity index (χ3n) is 4.69. The number of benzene rings is 1. The Morgan fingerprint density at radius 2 is 1.58 bits per heavy atom. The maximum Gasteiger partial charge on any atom is 0.0436 e. The molecule has 1 heteroatoms. The van der Waals surface area contributed by atoms with Gasteiger partial charge >= 0.3 is 0 Å². The van der Waals surface area contributed by atoms with E-state index in [-0.39, 0.29) is 0 Å². The monoisotopic (exact) mass is 260 g/mol. The third-order valence-corrected chi connectivity index (χ3v) is 4.69. The van der Waals surface area contributed by atoms with Crippen molar-refractivity contribution >= 4 is 0 Å². The maximum absolute atomic E-state index is 9.37. The molecule has 1 nitrogen and oxygen atoms in total. The molecule has 0 bridgehead atoms. The van der Waals surface area contributed by atoms with Gasteiger partial charge in [0.2, 0.25) is 0 Å². The zero-order chi connectivity index (χ0) is 13.7. The van der Waals surface area contributed by atoms with Gasteiger partial charge in [0.05, 0.1) is 0 Å². The maximum atomic E-state index is 9.37. The molecule has 1 fully saturated rings. The summed E-state index contributed by atoms with van der Waals surface area (Å²) in [6.07, 6.45) is 7.75. The fraction of sp³-hybridized carbons (Fsp3) is 0.667. The van der Waals surface area contributed by atoms with Crippen molar-refractivity contribution in [3.8, 4) is 0 Å². The Kier molecular flexibility index (Phi) is 5.45. The van der Waals surface area contributed by atoms with Crippen LogP contribution in [0, 0.1) is 5.92 Å². The van der Waals surface area contributed by atoms with Crippen molar-refractivity contribution in [1.82, 2.24) is 0 Å². The highest BCUT2D eigenvalue weighted by molar-refractivity contribution is 5.27. The van der Waals surface area contributed by atoms with Crippen LogP contribution in [-0.4, -0.2) is 11.7 Å². The largest absolute Gasteiger partial charge is 0.396 e. The summed E-state index contributed by atoms with van der Waals surface area (Å²) in [6, 6.07) is 9.13. The molecule has 0 amide bonds. The first-order chi connectivity index (χ1) is 9.22. The molecule has 1 unspecified atom stereocenters. The van der Waals surface area contributed by atoms with Crippen molar-refractivity contribution in [3.05, 3.63) is 35.4 Å². The zero-order valence-electron chi connectivity index (χ0n) is 12.4. The van der Waals surface area contributed by atoms with Crippen LogP contribution in [0.5, 0.6) is 0 Å². The predicted octanol–water partition coefficient (Wildman–Crippen LogP) is 4.86. The van der Waals surface area contributed by atoms with Crippen LogP contribution in [0.2, 0.25) is 0 Å². The second-order valence-electron chi connectivity index (χ2n) is 6.34. The van der Waals surface area contributed by atoms with Gasteiger partial charge in [-0.1, -0.05) is 57.4 Å². The van der Waals surface area contributed by atoms with Gasteiger partial charge in [-0.15, -0.1) is 0 Å². The Labute approximate surface area is 118 Å². The van der Waals surface area contributed by atoms with Crippen LogP contribution < -0.4 is 0 Å². The minimum Gasteiger partial charge on any atom is -0.396 e. The van der Waals surface area contributed by atoms with E-state index in [0.717, 1.165) is 12.3 Å². The molecule has 1 N–H and O–H groups in total. The van der Waals surface area contributed by atoms with E-state index in [1.54, 1.807) is 0 Å². The van der Waals surface area contributed by atoms with Gasteiger partial charge in [0.25, 0.3) is 0 Å². The Morgan fingerprint density at radius 1 is 1.00 bits per heavy atom. The van der Waals surface area contributed by atoms with Gasteiger partial charge in [-0.05, 0) is 48.1 Å². The molecule has 0 aromatic heterocycles. The number of hydrogen-bond donors (Lipinski definition) is 1. The van der Waals surface area contributed by atoms with Gasteiger partial charge < -0.3 is 5.11 Å². The van der Waals surface area contributed by atoms with E-state index in [0.29, 0.717) is 18.4 Å². The van der Waals surface area contributed by atoms with Crippen LogP contribution in [0.15, 0.2) is 24.3 Å². The summed E-state index contributed by atoms with van der Waals surface area (Å²) in [5.41, 5.74) is 2.85. The molecule has 0 saturated heterocycles. The highest BCUT2D eigenvalue weighted by atomic mass is 16.3. The van der Waals surface area contributed by atoms with Crippen LogP contribution in [0.4, 0.5) is 0 Å². The highest BCUT2D eigenvalue weighted by Gasteiger charge is 2.24. The smallest absolute Gasteiger partial charge is 0.0436 e. The first kappa shape index (κ1) is 14.6. The summed E-state index contributed by atoms with van der Waals surface area (Å²) in [6.45, 7) is 4.79.